The van der Waals surface area contributed by atoms with Gasteiger partial charge in [0.1, 0.15) is 28.0 Å². The molecular weight excluding hydrogens is 725 g/mol. The summed E-state index contributed by atoms with van der Waals surface area (Å²) in [5, 5.41) is 0. The van der Waals surface area contributed by atoms with Crippen LogP contribution in [0.2, 0.25) is 0 Å². The minimum atomic E-state index is -3.84. The molecule has 6 aromatic carbocycles. The Morgan fingerprint density at radius 2 is 0.925 bits per heavy atom. The van der Waals surface area contributed by atoms with Crippen molar-refractivity contribution in [3.63, 3.8) is 0 Å². The maximum atomic E-state index is 7.37. The van der Waals surface area contributed by atoms with E-state index in [0.29, 0.717) is 60.0 Å². The summed E-state index contributed by atoms with van der Waals surface area (Å²) in [7, 11) is -9.46. The van der Waals surface area contributed by atoms with Crippen LogP contribution in [-0.2, 0) is 0 Å². The fourth-order valence-electron chi connectivity index (χ4n) is 5.28. The van der Waals surface area contributed by atoms with Gasteiger partial charge in [-0.25, -0.2) is 0 Å². The highest BCUT2D eigenvalue weighted by Gasteiger charge is 2.75. The Bertz CT molecular complexity index is 2000. The molecule has 0 saturated heterocycles. The zero-order valence-corrected chi connectivity index (χ0v) is 31.5. The standard InChI is InChI=1S/C40H40N4O6P3/c41-33-19-20-34-52(48-38-27-13-4-14-28-38)43(45-35-21-7-1-8-22-35)51(47-37-25-11-3-12-26-37)42-53(49-39-29-15-5-16-30-39,50-40-31-17-6-18-32-40)44(52)46-36-23-9-2-10-24-36/h1-18,21-32H,19-20,33-34,41H2/q+1. The lowest BCUT2D eigenvalue weighted by atomic mass is 10.3. The topological polar surface area (TPSA) is 100 Å². The second-order valence-electron chi connectivity index (χ2n) is 11.6. The van der Waals surface area contributed by atoms with E-state index >= 15 is 0 Å². The van der Waals surface area contributed by atoms with E-state index in [2.05, 4.69) is 0 Å². The van der Waals surface area contributed by atoms with Gasteiger partial charge in [0.2, 0.25) is 0 Å². The van der Waals surface area contributed by atoms with Crippen molar-refractivity contribution in [2.24, 2.45) is 10.2 Å². The number of nitrogens with two attached hydrogens (primary N) is 1. The molecule has 2 unspecified atom stereocenters. The highest BCUT2D eigenvalue weighted by Crippen LogP contribution is 2.86. The Morgan fingerprint density at radius 1 is 0.509 bits per heavy atom. The molecule has 0 aromatic heterocycles. The molecule has 1 heterocycles. The third-order valence-electron chi connectivity index (χ3n) is 7.71. The first kappa shape index (κ1) is 36.4. The van der Waals surface area contributed by atoms with Gasteiger partial charge in [0, 0.05) is 0 Å². The van der Waals surface area contributed by atoms with E-state index in [4.69, 9.17) is 38.0 Å². The summed E-state index contributed by atoms with van der Waals surface area (Å²) in [6.45, 7) is 0.478. The van der Waals surface area contributed by atoms with Crippen LogP contribution in [-0.4, -0.2) is 21.9 Å². The van der Waals surface area contributed by atoms with Crippen molar-refractivity contribution in [1.82, 2.24) is 9.21 Å². The molecule has 2 N–H and O–H groups in total. The van der Waals surface area contributed by atoms with Crippen molar-refractivity contribution in [3.8, 4) is 34.5 Å². The van der Waals surface area contributed by atoms with Crippen LogP contribution < -0.4 is 33.5 Å². The van der Waals surface area contributed by atoms with Crippen LogP contribution in [0.15, 0.2) is 187 Å². The zero-order valence-electron chi connectivity index (χ0n) is 28.9. The molecule has 13 heteroatoms. The second-order valence-corrected chi connectivity index (χ2v) is 18.4. The molecule has 53 heavy (non-hydrogen) atoms. The summed E-state index contributed by atoms with van der Waals surface area (Å²) in [6.07, 6.45) is 1.76. The Morgan fingerprint density at radius 3 is 1.40 bits per heavy atom. The maximum absolute atomic E-state index is 7.37. The maximum Gasteiger partial charge on any atom is 0.478 e. The first-order chi connectivity index (χ1) is 26.2. The molecule has 7 rings (SSSR count). The lowest BCUT2D eigenvalue weighted by Gasteiger charge is -2.44. The van der Waals surface area contributed by atoms with E-state index in [1.807, 2.05) is 182 Å². The Labute approximate surface area is 312 Å². The molecule has 10 nitrogen and oxygen atoms in total. The van der Waals surface area contributed by atoms with Gasteiger partial charge in [-0.05, 0) is 92.2 Å². The number of para-hydroxylation sites is 6. The van der Waals surface area contributed by atoms with Crippen LogP contribution in [0.25, 0.3) is 0 Å². The van der Waals surface area contributed by atoms with Gasteiger partial charge >= 0.3 is 23.9 Å². The number of unbranched alkanes of at least 4 members (excludes halogenated alkanes) is 1. The lowest BCUT2D eigenvalue weighted by Crippen LogP contribution is -2.44. The molecule has 1 aliphatic rings. The van der Waals surface area contributed by atoms with Gasteiger partial charge < -0.3 is 33.5 Å². The highest BCUT2D eigenvalue weighted by molar-refractivity contribution is 7.86. The van der Waals surface area contributed by atoms with Gasteiger partial charge in [0.05, 0.1) is 0 Å². The first-order valence-corrected chi connectivity index (χ1v) is 21.7. The van der Waals surface area contributed by atoms with Crippen LogP contribution in [0, 0.1) is 0 Å². The van der Waals surface area contributed by atoms with Gasteiger partial charge in [-0.1, -0.05) is 109 Å². The van der Waals surface area contributed by atoms with Gasteiger partial charge in [0.15, 0.2) is 21.9 Å². The normalized spacial score (nSPS) is 18.2. The van der Waals surface area contributed by atoms with E-state index in [1.54, 1.807) is 9.21 Å². The minimum Gasteiger partial charge on any atom is -0.435 e. The average molecular weight is 766 g/mol. The third-order valence-corrected chi connectivity index (χ3v) is 16.8. The lowest BCUT2D eigenvalue weighted by molar-refractivity contribution is 0.0442. The van der Waals surface area contributed by atoms with E-state index in [-0.39, 0.29) is 0 Å². The van der Waals surface area contributed by atoms with E-state index in [9.17, 15) is 0 Å². The smallest absolute Gasteiger partial charge is 0.435 e. The quantitative estimate of drug-likeness (QED) is 0.0762. The molecule has 1 aliphatic heterocycles. The van der Waals surface area contributed by atoms with E-state index < -0.39 is 23.9 Å². The average Bonchev–Trinajstić information content (AvgIpc) is 3.20. The molecule has 6 aromatic rings. The van der Waals surface area contributed by atoms with Gasteiger partial charge in [-0.3, -0.25) is 0 Å². The summed E-state index contributed by atoms with van der Waals surface area (Å²) in [4.78, 5) is 14.0. The van der Waals surface area contributed by atoms with Crippen molar-refractivity contribution in [2.45, 2.75) is 12.8 Å². The SMILES string of the molecule is NCCCC[P+]1(Oc2ccccc2)N(Oc2ccccc2)P(Oc2ccccc2)N=P(Oc2ccccc2)(Oc2ccccc2)N1Oc1ccccc1. The Balaban J connectivity index is 1.55. The molecule has 2 atom stereocenters. The monoisotopic (exact) mass is 765 g/mol. The van der Waals surface area contributed by atoms with Crippen molar-refractivity contribution in [3.05, 3.63) is 182 Å². The fourth-order valence-corrected chi connectivity index (χ4v) is 15.7. The Hall–Kier alpha value is -4.91. The van der Waals surface area contributed by atoms with Gasteiger partial charge in [-0.15, -0.1) is 4.52 Å². The predicted octanol–water partition coefficient (Wildman–Crippen LogP) is 11.6. The van der Waals surface area contributed by atoms with Crippen LogP contribution in [0.5, 0.6) is 34.5 Å². The van der Waals surface area contributed by atoms with Gasteiger partial charge in [-0.2, -0.15) is 0 Å². The number of hydrogen-bond donors (Lipinski definition) is 1. The zero-order chi connectivity index (χ0) is 36.2. The molecule has 0 spiro atoms. The number of nitrogens with zero attached hydrogens (tertiary/aromatic N) is 3. The van der Waals surface area contributed by atoms with Crippen molar-refractivity contribution in [1.29, 1.82) is 0 Å². The van der Waals surface area contributed by atoms with Crippen LogP contribution >= 0.6 is 23.9 Å². The summed E-state index contributed by atoms with van der Waals surface area (Å²) < 4.78 is 37.4. The van der Waals surface area contributed by atoms with Crippen LogP contribution in [0.3, 0.4) is 0 Å². The summed E-state index contributed by atoms with van der Waals surface area (Å²) in [5.41, 5.74) is 6.14. The Kier molecular flexibility index (Phi) is 12.2. The number of hydrogen-bond acceptors (Lipinski definition) is 10. The predicted molar refractivity (Wildman–Crippen MR) is 212 cm³/mol. The highest BCUT2D eigenvalue weighted by atomic mass is 31.3. The molecule has 0 fully saturated rings. The first-order valence-electron chi connectivity index (χ1n) is 17.2. The fraction of sp³-hybridized carbons (Fsp3) is 0.100. The van der Waals surface area contributed by atoms with E-state index in [1.165, 1.54) is 0 Å². The summed E-state index contributed by atoms with van der Waals surface area (Å²) >= 11 is 0. The van der Waals surface area contributed by atoms with E-state index in [0.717, 1.165) is 0 Å². The molecule has 0 saturated carbocycles. The second kappa shape index (κ2) is 17.7. The summed E-state index contributed by atoms with van der Waals surface area (Å²) in [6, 6.07) is 57.1. The van der Waals surface area contributed by atoms with Crippen molar-refractivity contribution < 1.29 is 27.8 Å². The summed E-state index contributed by atoms with van der Waals surface area (Å²) in [5.74, 6) is 3.30. The minimum absolute atomic E-state index is 0.406. The molecule has 270 valence electrons. The number of rotatable bonds is 16. The van der Waals surface area contributed by atoms with Gasteiger partial charge in [0.25, 0.3) is 0 Å². The van der Waals surface area contributed by atoms with Crippen LogP contribution in [0.4, 0.5) is 0 Å². The molecule has 0 aliphatic carbocycles. The molecule has 0 radical (unpaired) electrons. The molecule has 0 bridgehead atoms. The molecular formula is C40H40N4O6P3+. The third kappa shape index (κ3) is 9.01. The number of benzene rings is 6. The largest absolute Gasteiger partial charge is 0.478 e. The molecule has 0 amide bonds. The van der Waals surface area contributed by atoms with Crippen LogP contribution in [0.1, 0.15) is 12.8 Å². The van der Waals surface area contributed by atoms with Crippen molar-refractivity contribution in [2.75, 3.05) is 12.7 Å². The van der Waals surface area contributed by atoms with Crippen molar-refractivity contribution >= 4 is 23.9 Å².